The Morgan fingerprint density at radius 2 is 1.41 bits per heavy atom. The monoisotopic (exact) mass is 391 g/mol. The molecule has 0 fully saturated rings. The number of carbonyl (C=O) groups is 2. The average molecular weight is 391 g/mol. The van der Waals surface area contributed by atoms with Gasteiger partial charge in [0.1, 0.15) is 24.1 Å². The van der Waals surface area contributed by atoms with Crippen LogP contribution in [0.25, 0.3) is 0 Å². The predicted octanol–water partition coefficient (Wildman–Crippen LogP) is 4.05. The first-order valence-corrected chi connectivity index (χ1v) is 9.12. The lowest BCUT2D eigenvalue weighted by molar-refractivity contribution is -0.139. The molecule has 6 heteroatoms. The van der Waals surface area contributed by atoms with Crippen LogP contribution in [0.2, 0.25) is 0 Å². The molecule has 0 heterocycles. The van der Waals surface area contributed by atoms with Crippen LogP contribution in [0.1, 0.15) is 11.1 Å². The molecule has 0 aromatic heterocycles. The summed E-state index contributed by atoms with van der Waals surface area (Å²) in [6, 6.07) is 24.3. The molecule has 2 N–H and O–H groups in total. The van der Waals surface area contributed by atoms with Gasteiger partial charge in [-0.2, -0.15) is 0 Å². The number of ether oxygens (including phenoxy) is 2. The fourth-order valence-electron chi connectivity index (χ4n) is 2.67. The Morgan fingerprint density at radius 3 is 2.03 bits per heavy atom. The van der Waals surface area contributed by atoms with Gasteiger partial charge in [-0.15, -0.1) is 0 Å². The Bertz CT molecular complexity index is 927. The third kappa shape index (κ3) is 6.39. The smallest absolute Gasteiger partial charge is 0.413 e. The number of carboxylic acid groups (broad SMARTS) is 1. The van der Waals surface area contributed by atoms with Crippen molar-refractivity contribution in [3.63, 3.8) is 0 Å². The lowest BCUT2D eigenvalue weighted by Crippen LogP contribution is -2.43. The van der Waals surface area contributed by atoms with Crippen molar-refractivity contribution in [3.8, 4) is 11.5 Å². The van der Waals surface area contributed by atoms with E-state index in [0.717, 1.165) is 11.1 Å². The summed E-state index contributed by atoms with van der Waals surface area (Å²) in [7, 11) is 0. The van der Waals surface area contributed by atoms with Gasteiger partial charge in [0.15, 0.2) is 0 Å². The van der Waals surface area contributed by atoms with Crippen molar-refractivity contribution in [2.75, 3.05) is 0 Å². The average Bonchev–Trinajstić information content (AvgIpc) is 2.74. The van der Waals surface area contributed by atoms with E-state index in [-0.39, 0.29) is 6.42 Å². The van der Waals surface area contributed by atoms with Crippen LogP contribution < -0.4 is 14.8 Å². The molecule has 1 amide bonds. The standard InChI is InChI=1S/C23H21NO5/c25-22(26)21(24-23(27)29-20-9-5-2-6-10-20)15-17-11-13-19(14-12-17)28-16-18-7-3-1-4-8-18/h1-14,21H,15-16H2,(H,24,27)(H,25,26)/t21-/m0/s1. The van der Waals surface area contributed by atoms with Gasteiger partial charge in [0.05, 0.1) is 0 Å². The van der Waals surface area contributed by atoms with E-state index >= 15 is 0 Å². The van der Waals surface area contributed by atoms with Crippen molar-refractivity contribution < 1.29 is 24.2 Å². The molecule has 3 rings (SSSR count). The predicted molar refractivity (Wildman–Crippen MR) is 108 cm³/mol. The minimum Gasteiger partial charge on any atom is -0.489 e. The van der Waals surface area contributed by atoms with Gasteiger partial charge in [0, 0.05) is 6.42 Å². The molecular formula is C23H21NO5. The third-order valence-corrected chi connectivity index (χ3v) is 4.16. The van der Waals surface area contributed by atoms with E-state index in [1.807, 2.05) is 30.3 Å². The number of hydrogen-bond donors (Lipinski definition) is 2. The lowest BCUT2D eigenvalue weighted by Gasteiger charge is -2.15. The second-order valence-electron chi connectivity index (χ2n) is 6.36. The minimum atomic E-state index is -1.14. The number of aliphatic carboxylic acids is 1. The highest BCUT2D eigenvalue weighted by molar-refractivity contribution is 5.81. The van der Waals surface area contributed by atoms with Crippen LogP contribution in [0.3, 0.4) is 0 Å². The number of hydrogen-bond acceptors (Lipinski definition) is 4. The summed E-state index contributed by atoms with van der Waals surface area (Å²) in [6.07, 6.45) is -0.690. The van der Waals surface area contributed by atoms with Crippen LogP contribution in [0.4, 0.5) is 4.79 Å². The molecule has 0 bridgehead atoms. The largest absolute Gasteiger partial charge is 0.489 e. The first kappa shape index (κ1) is 19.9. The Balaban J connectivity index is 1.54. The van der Waals surface area contributed by atoms with Gasteiger partial charge >= 0.3 is 12.1 Å². The molecule has 0 spiro atoms. The molecule has 0 aliphatic heterocycles. The second kappa shape index (κ2) is 9.94. The highest BCUT2D eigenvalue weighted by atomic mass is 16.6. The van der Waals surface area contributed by atoms with E-state index in [4.69, 9.17) is 9.47 Å². The van der Waals surface area contributed by atoms with Crippen molar-refractivity contribution in [3.05, 3.63) is 96.1 Å². The van der Waals surface area contributed by atoms with E-state index in [1.165, 1.54) is 0 Å². The van der Waals surface area contributed by atoms with Gasteiger partial charge in [-0.3, -0.25) is 0 Å². The molecule has 3 aromatic carbocycles. The number of nitrogens with one attached hydrogen (secondary N) is 1. The van der Waals surface area contributed by atoms with E-state index in [1.54, 1.807) is 54.6 Å². The highest BCUT2D eigenvalue weighted by Crippen LogP contribution is 2.16. The molecule has 0 saturated carbocycles. The minimum absolute atomic E-state index is 0.123. The summed E-state index contributed by atoms with van der Waals surface area (Å²) in [5.74, 6) is -0.116. The molecular weight excluding hydrogens is 370 g/mol. The number of carboxylic acids is 1. The van der Waals surface area contributed by atoms with Crippen LogP contribution in [-0.4, -0.2) is 23.2 Å². The van der Waals surface area contributed by atoms with Crippen LogP contribution >= 0.6 is 0 Å². The summed E-state index contributed by atoms with van der Waals surface area (Å²) >= 11 is 0. The van der Waals surface area contributed by atoms with Crippen molar-refractivity contribution in [1.29, 1.82) is 0 Å². The van der Waals surface area contributed by atoms with Crippen molar-refractivity contribution >= 4 is 12.1 Å². The normalized spacial score (nSPS) is 11.3. The molecule has 1 atom stereocenters. The van der Waals surface area contributed by atoms with Gasteiger partial charge in [-0.25, -0.2) is 9.59 Å². The Morgan fingerprint density at radius 1 is 0.793 bits per heavy atom. The summed E-state index contributed by atoms with van der Waals surface area (Å²) in [6.45, 7) is 0.449. The molecule has 6 nitrogen and oxygen atoms in total. The van der Waals surface area contributed by atoms with Crippen molar-refractivity contribution in [2.45, 2.75) is 19.1 Å². The number of benzene rings is 3. The number of amides is 1. The number of carbonyl (C=O) groups excluding carboxylic acids is 1. The SMILES string of the molecule is O=C(N[C@@H](Cc1ccc(OCc2ccccc2)cc1)C(=O)O)Oc1ccccc1. The topological polar surface area (TPSA) is 84.9 Å². The molecule has 0 aliphatic carbocycles. The quantitative estimate of drug-likeness (QED) is 0.605. The van der Waals surface area contributed by atoms with E-state index < -0.39 is 18.1 Å². The Kier molecular flexibility index (Phi) is 6.84. The zero-order chi connectivity index (χ0) is 20.5. The van der Waals surface area contributed by atoms with E-state index in [9.17, 15) is 14.7 Å². The summed E-state index contributed by atoms with van der Waals surface area (Å²) in [5.41, 5.74) is 1.81. The summed E-state index contributed by atoms with van der Waals surface area (Å²) in [4.78, 5) is 23.5. The Labute approximate surface area is 168 Å². The zero-order valence-corrected chi connectivity index (χ0v) is 15.7. The van der Waals surface area contributed by atoms with Gasteiger partial charge in [0.2, 0.25) is 0 Å². The highest BCUT2D eigenvalue weighted by Gasteiger charge is 2.21. The molecule has 0 saturated heterocycles. The molecule has 148 valence electrons. The Hall–Kier alpha value is -3.80. The van der Waals surface area contributed by atoms with Crippen LogP contribution in [-0.2, 0) is 17.8 Å². The number of para-hydroxylation sites is 1. The first-order chi connectivity index (χ1) is 14.1. The molecule has 0 unspecified atom stereocenters. The molecule has 0 aliphatic rings. The lowest BCUT2D eigenvalue weighted by atomic mass is 10.1. The van der Waals surface area contributed by atoms with Gasteiger partial charge in [0.25, 0.3) is 0 Å². The fraction of sp³-hybridized carbons (Fsp3) is 0.130. The maximum absolute atomic E-state index is 12.0. The summed E-state index contributed by atoms with van der Waals surface area (Å²) < 4.78 is 10.8. The van der Waals surface area contributed by atoms with E-state index in [0.29, 0.717) is 18.1 Å². The first-order valence-electron chi connectivity index (χ1n) is 9.12. The maximum Gasteiger partial charge on any atom is 0.413 e. The zero-order valence-electron chi connectivity index (χ0n) is 15.7. The number of rotatable bonds is 8. The van der Waals surface area contributed by atoms with Gasteiger partial charge in [-0.05, 0) is 35.4 Å². The molecule has 29 heavy (non-hydrogen) atoms. The fourth-order valence-corrected chi connectivity index (χ4v) is 2.67. The third-order valence-electron chi connectivity index (χ3n) is 4.16. The van der Waals surface area contributed by atoms with Gasteiger partial charge < -0.3 is 19.9 Å². The van der Waals surface area contributed by atoms with Gasteiger partial charge in [-0.1, -0.05) is 60.7 Å². The molecule has 3 aromatic rings. The second-order valence-corrected chi connectivity index (χ2v) is 6.36. The summed E-state index contributed by atoms with van der Waals surface area (Å²) in [5, 5.41) is 11.8. The van der Waals surface area contributed by atoms with Crippen molar-refractivity contribution in [2.24, 2.45) is 0 Å². The van der Waals surface area contributed by atoms with Crippen LogP contribution in [0.15, 0.2) is 84.9 Å². The van der Waals surface area contributed by atoms with Crippen LogP contribution in [0.5, 0.6) is 11.5 Å². The van der Waals surface area contributed by atoms with Crippen molar-refractivity contribution in [1.82, 2.24) is 5.32 Å². The van der Waals surface area contributed by atoms with E-state index in [2.05, 4.69) is 5.32 Å². The van der Waals surface area contributed by atoms with Crippen LogP contribution in [0, 0.1) is 0 Å². The maximum atomic E-state index is 12.0. The molecule has 0 radical (unpaired) electrons.